The molecule has 1 saturated carbocycles. The van der Waals surface area contributed by atoms with Crippen LogP contribution in [0, 0.1) is 5.82 Å². The number of hydrogen-bond acceptors (Lipinski definition) is 3. The Labute approximate surface area is 112 Å². The lowest BCUT2D eigenvalue weighted by Gasteiger charge is -2.46. The molecule has 1 heterocycles. The van der Waals surface area contributed by atoms with Gasteiger partial charge in [-0.3, -0.25) is 0 Å². The first-order valence-electron chi connectivity index (χ1n) is 6.99. The summed E-state index contributed by atoms with van der Waals surface area (Å²) >= 11 is 0. The maximum absolute atomic E-state index is 13.4. The molecule has 1 aromatic carbocycles. The number of hydrogen-bond donors (Lipinski definition) is 1. The molecule has 1 aliphatic heterocycles. The van der Waals surface area contributed by atoms with Crippen molar-refractivity contribution in [1.82, 2.24) is 0 Å². The van der Waals surface area contributed by atoms with Crippen molar-refractivity contribution in [1.29, 1.82) is 0 Å². The maximum Gasteiger partial charge on any atom is 0.127 e. The molecular formula is C15H20FNO2. The second kappa shape index (κ2) is 5.10. The molecule has 1 aromatic rings. The average molecular weight is 265 g/mol. The fraction of sp³-hybridized carbons (Fsp3) is 0.600. The lowest BCUT2D eigenvalue weighted by molar-refractivity contribution is -0.153. The van der Waals surface area contributed by atoms with Crippen molar-refractivity contribution >= 4 is 0 Å². The van der Waals surface area contributed by atoms with Gasteiger partial charge in [-0.25, -0.2) is 4.39 Å². The molecule has 19 heavy (non-hydrogen) atoms. The summed E-state index contributed by atoms with van der Waals surface area (Å²) in [7, 11) is 0. The predicted octanol–water partition coefficient (Wildman–Crippen LogP) is 2.76. The van der Waals surface area contributed by atoms with E-state index in [0.29, 0.717) is 12.3 Å². The molecule has 1 atom stereocenters. The van der Waals surface area contributed by atoms with Crippen molar-refractivity contribution < 1.29 is 13.9 Å². The number of rotatable bonds is 3. The number of halogens is 1. The van der Waals surface area contributed by atoms with Gasteiger partial charge in [0.15, 0.2) is 0 Å². The summed E-state index contributed by atoms with van der Waals surface area (Å²) in [6, 6.07) is 4.71. The van der Waals surface area contributed by atoms with E-state index in [9.17, 15) is 4.39 Å². The molecule has 1 aliphatic carbocycles. The molecule has 0 amide bonds. The van der Waals surface area contributed by atoms with E-state index in [1.165, 1.54) is 18.6 Å². The summed E-state index contributed by atoms with van der Waals surface area (Å²) in [5.74, 6) is 0.296. The van der Waals surface area contributed by atoms with E-state index < -0.39 is 0 Å². The van der Waals surface area contributed by atoms with Gasteiger partial charge in [-0.2, -0.15) is 0 Å². The minimum absolute atomic E-state index is 0.0486. The molecule has 0 bridgehead atoms. The molecule has 2 aliphatic rings. The van der Waals surface area contributed by atoms with Crippen LogP contribution in [0.1, 0.15) is 37.7 Å². The second-order valence-electron chi connectivity index (χ2n) is 5.62. The third-order valence-corrected chi connectivity index (χ3v) is 4.18. The molecule has 0 radical (unpaired) electrons. The molecule has 1 spiro atoms. The van der Waals surface area contributed by atoms with Crippen LogP contribution in [-0.4, -0.2) is 18.3 Å². The van der Waals surface area contributed by atoms with E-state index in [0.717, 1.165) is 37.9 Å². The molecule has 1 saturated heterocycles. The molecule has 0 aromatic heterocycles. The standard InChI is InChI=1S/C15H20FNO2/c16-12-6-11(10-17)7-14(8-12)19-13-2-5-18-15(9-13)3-1-4-15/h6-8,13H,1-5,9-10,17H2. The van der Waals surface area contributed by atoms with Gasteiger partial charge in [0.1, 0.15) is 17.7 Å². The Morgan fingerprint density at radius 2 is 2.21 bits per heavy atom. The summed E-state index contributed by atoms with van der Waals surface area (Å²) in [4.78, 5) is 0. The number of nitrogens with two attached hydrogens (primary N) is 1. The molecule has 1 unspecified atom stereocenters. The minimum Gasteiger partial charge on any atom is -0.490 e. The fourth-order valence-corrected chi connectivity index (χ4v) is 3.00. The van der Waals surface area contributed by atoms with E-state index in [-0.39, 0.29) is 17.5 Å². The molecule has 4 heteroatoms. The first kappa shape index (κ1) is 12.9. The van der Waals surface area contributed by atoms with Crippen LogP contribution >= 0.6 is 0 Å². The molecule has 2 fully saturated rings. The molecule has 2 N–H and O–H groups in total. The van der Waals surface area contributed by atoms with Gasteiger partial charge in [0, 0.05) is 25.5 Å². The van der Waals surface area contributed by atoms with Crippen LogP contribution in [0.4, 0.5) is 4.39 Å². The van der Waals surface area contributed by atoms with Crippen LogP contribution < -0.4 is 10.5 Å². The Morgan fingerprint density at radius 1 is 1.37 bits per heavy atom. The van der Waals surface area contributed by atoms with Gasteiger partial charge in [-0.15, -0.1) is 0 Å². The summed E-state index contributed by atoms with van der Waals surface area (Å²) < 4.78 is 25.2. The molecular weight excluding hydrogens is 245 g/mol. The van der Waals surface area contributed by atoms with Crippen LogP contribution in [0.5, 0.6) is 5.75 Å². The highest BCUT2D eigenvalue weighted by atomic mass is 19.1. The summed E-state index contributed by atoms with van der Waals surface area (Å²) in [6.45, 7) is 1.07. The highest BCUT2D eigenvalue weighted by Gasteiger charge is 2.43. The van der Waals surface area contributed by atoms with Crippen LogP contribution in [0.2, 0.25) is 0 Å². The van der Waals surface area contributed by atoms with E-state index in [2.05, 4.69) is 0 Å². The van der Waals surface area contributed by atoms with Crippen molar-refractivity contribution in [2.75, 3.05) is 6.61 Å². The largest absolute Gasteiger partial charge is 0.490 e. The van der Waals surface area contributed by atoms with Crippen molar-refractivity contribution in [3.05, 3.63) is 29.6 Å². The Morgan fingerprint density at radius 3 is 2.89 bits per heavy atom. The average Bonchev–Trinajstić information content (AvgIpc) is 2.36. The SMILES string of the molecule is NCc1cc(F)cc(OC2CCOC3(CCC3)C2)c1. The third-order valence-electron chi connectivity index (χ3n) is 4.18. The van der Waals surface area contributed by atoms with Crippen LogP contribution in [0.3, 0.4) is 0 Å². The first-order chi connectivity index (χ1) is 9.19. The van der Waals surface area contributed by atoms with Gasteiger partial charge in [0.2, 0.25) is 0 Å². The Balaban J connectivity index is 1.68. The molecule has 3 rings (SSSR count). The lowest BCUT2D eigenvalue weighted by atomic mass is 9.74. The summed E-state index contributed by atoms with van der Waals surface area (Å²) in [5, 5.41) is 0. The highest BCUT2D eigenvalue weighted by Crippen LogP contribution is 2.43. The summed E-state index contributed by atoms with van der Waals surface area (Å²) in [5.41, 5.74) is 6.37. The Kier molecular flexibility index (Phi) is 3.46. The van der Waals surface area contributed by atoms with Gasteiger partial charge < -0.3 is 15.2 Å². The van der Waals surface area contributed by atoms with Gasteiger partial charge >= 0.3 is 0 Å². The van der Waals surface area contributed by atoms with Crippen molar-refractivity contribution in [2.24, 2.45) is 5.73 Å². The predicted molar refractivity (Wildman–Crippen MR) is 70.5 cm³/mol. The van der Waals surface area contributed by atoms with Gasteiger partial charge in [-0.05, 0) is 37.0 Å². The third kappa shape index (κ3) is 2.74. The number of benzene rings is 1. The Bertz CT molecular complexity index is 459. The highest BCUT2D eigenvalue weighted by molar-refractivity contribution is 5.29. The first-order valence-corrected chi connectivity index (χ1v) is 6.99. The van der Waals surface area contributed by atoms with Gasteiger partial charge in [0.05, 0.1) is 12.2 Å². The van der Waals surface area contributed by atoms with E-state index in [1.54, 1.807) is 0 Å². The minimum atomic E-state index is -0.289. The molecule has 3 nitrogen and oxygen atoms in total. The smallest absolute Gasteiger partial charge is 0.127 e. The van der Waals surface area contributed by atoms with Gasteiger partial charge in [-0.1, -0.05) is 0 Å². The van der Waals surface area contributed by atoms with E-state index in [4.69, 9.17) is 15.2 Å². The van der Waals surface area contributed by atoms with E-state index >= 15 is 0 Å². The van der Waals surface area contributed by atoms with Crippen molar-refractivity contribution in [3.8, 4) is 5.75 Å². The quantitative estimate of drug-likeness (QED) is 0.914. The zero-order chi connectivity index (χ0) is 13.3. The van der Waals surface area contributed by atoms with Crippen LogP contribution in [0.25, 0.3) is 0 Å². The Hall–Kier alpha value is -1.13. The normalized spacial score (nSPS) is 25.1. The van der Waals surface area contributed by atoms with Crippen LogP contribution in [0.15, 0.2) is 18.2 Å². The topological polar surface area (TPSA) is 44.5 Å². The second-order valence-corrected chi connectivity index (χ2v) is 5.62. The maximum atomic E-state index is 13.4. The van der Waals surface area contributed by atoms with Crippen molar-refractivity contribution in [3.63, 3.8) is 0 Å². The van der Waals surface area contributed by atoms with Crippen molar-refractivity contribution in [2.45, 2.75) is 50.4 Å². The van der Waals surface area contributed by atoms with Gasteiger partial charge in [0.25, 0.3) is 0 Å². The lowest BCUT2D eigenvalue weighted by Crippen LogP contribution is -2.48. The van der Waals surface area contributed by atoms with E-state index in [1.807, 2.05) is 6.07 Å². The zero-order valence-corrected chi connectivity index (χ0v) is 11.0. The monoisotopic (exact) mass is 265 g/mol. The fourth-order valence-electron chi connectivity index (χ4n) is 3.00. The summed E-state index contributed by atoms with van der Waals surface area (Å²) in [6.07, 6.45) is 5.41. The zero-order valence-electron chi connectivity index (χ0n) is 11.0. The molecule has 104 valence electrons. The number of ether oxygens (including phenoxy) is 2. The van der Waals surface area contributed by atoms with Crippen LogP contribution in [-0.2, 0) is 11.3 Å².